The summed E-state index contributed by atoms with van der Waals surface area (Å²) in [6.07, 6.45) is 5.81. The van der Waals surface area contributed by atoms with Gasteiger partial charge in [0, 0.05) is 51.9 Å². The zero-order chi connectivity index (χ0) is 18.9. The van der Waals surface area contributed by atoms with Crippen molar-refractivity contribution in [3.05, 3.63) is 0 Å². The molecule has 3 heterocycles. The lowest BCUT2D eigenvalue weighted by Gasteiger charge is -2.55. The number of hydrogen-bond acceptors (Lipinski definition) is 5. The quantitative estimate of drug-likeness (QED) is 0.677. The molecule has 27 heavy (non-hydrogen) atoms. The van der Waals surface area contributed by atoms with Gasteiger partial charge in [-0.05, 0) is 71.4 Å². The van der Waals surface area contributed by atoms with Gasteiger partial charge in [0.2, 0.25) is 0 Å². The second kappa shape index (κ2) is 8.66. The van der Waals surface area contributed by atoms with E-state index in [0.717, 1.165) is 51.2 Å². The number of piperidine rings is 1. The average molecular weight is 380 g/mol. The summed E-state index contributed by atoms with van der Waals surface area (Å²) in [4.78, 5) is 7.97. The number of likely N-dealkylation sites (tertiary alicyclic amines) is 2. The fourth-order valence-corrected chi connectivity index (χ4v) is 5.75. The Morgan fingerprint density at radius 3 is 2.30 bits per heavy atom. The van der Waals surface area contributed by atoms with Gasteiger partial charge in [-0.3, -0.25) is 9.80 Å². The van der Waals surface area contributed by atoms with Crippen LogP contribution >= 0.6 is 0 Å². The van der Waals surface area contributed by atoms with Crippen molar-refractivity contribution in [2.24, 2.45) is 11.8 Å². The molecule has 5 nitrogen and oxygen atoms in total. The molecule has 4 fully saturated rings. The summed E-state index contributed by atoms with van der Waals surface area (Å²) >= 11 is 0. The van der Waals surface area contributed by atoms with E-state index < -0.39 is 0 Å². The molecule has 1 spiro atoms. The topological polar surface area (TPSA) is 28.2 Å². The lowest BCUT2D eigenvalue weighted by molar-refractivity contribution is -0.190. The molecule has 4 rings (SSSR count). The van der Waals surface area contributed by atoms with E-state index in [1.54, 1.807) is 0 Å². The summed E-state index contributed by atoms with van der Waals surface area (Å²) in [6, 6.07) is 0.708. The van der Waals surface area contributed by atoms with Crippen LogP contribution in [0.3, 0.4) is 0 Å². The second-order valence-corrected chi connectivity index (χ2v) is 9.92. The molecule has 4 aliphatic rings. The van der Waals surface area contributed by atoms with Crippen LogP contribution in [-0.4, -0.2) is 98.0 Å². The predicted octanol–water partition coefficient (Wildman–Crippen LogP) is 2.31. The van der Waals surface area contributed by atoms with E-state index in [9.17, 15) is 0 Å². The van der Waals surface area contributed by atoms with Gasteiger partial charge in [-0.1, -0.05) is 0 Å². The Morgan fingerprint density at radius 2 is 1.63 bits per heavy atom. The van der Waals surface area contributed by atoms with Gasteiger partial charge in [0.25, 0.3) is 0 Å². The zero-order valence-corrected chi connectivity index (χ0v) is 17.9. The average Bonchev–Trinajstić information content (AvgIpc) is 2.59. The number of rotatable bonds is 7. The number of hydrogen-bond donors (Lipinski definition) is 0. The van der Waals surface area contributed by atoms with Gasteiger partial charge in [0.15, 0.2) is 0 Å². The van der Waals surface area contributed by atoms with Gasteiger partial charge in [-0.15, -0.1) is 0 Å². The molecule has 1 saturated carbocycles. The molecule has 0 amide bonds. The lowest BCUT2D eigenvalue weighted by Crippen LogP contribution is -2.70. The molecular formula is C22H41N3O2. The highest BCUT2D eigenvalue weighted by molar-refractivity contribution is 5.02. The van der Waals surface area contributed by atoms with Gasteiger partial charge in [0.1, 0.15) is 5.60 Å². The van der Waals surface area contributed by atoms with Crippen LogP contribution < -0.4 is 0 Å². The monoisotopic (exact) mass is 379 g/mol. The second-order valence-electron chi connectivity index (χ2n) is 9.92. The molecule has 3 aliphatic heterocycles. The van der Waals surface area contributed by atoms with E-state index in [1.807, 2.05) is 0 Å². The minimum absolute atomic E-state index is 0.139. The highest BCUT2D eigenvalue weighted by Crippen LogP contribution is 2.35. The van der Waals surface area contributed by atoms with E-state index >= 15 is 0 Å². The number of morpholine rings is 1. The number of ether oxygens (including phenoxy) is 2. The van der Waals surface area contributed by atoms with Crippen LogP contribution in [0.2, 0.25) is 0 Å². The van der Waals surface area contributed by atoms with E-state index in [4.69, 9.17) is 9.47 Å². The molecule has 0 unspecified atom stereocenters. The van der Waals surface area contributed by atoms with Crippen LogP contribution in [-0.2, 0) is 9.47 Å². The third-order valence-corrected chi connectivity index (χ3v) is 7.36. The summed E-state index contributed by atoms with van der Waals surface area (Å²) in [7, 11) is 0. The summed E-state index contributed by atoms with van der Waals surface area (Å²) in [5.74, 6) is 1.74. The molecule has 0 N–H and O–H groups in total. The van der Waals surface area contributed by atoms with Crippen LogP contribution in [0.1, 0.15) is 46.5 Å². The molecule has 0 radical (unpaired) electrons. The summed E-state index contributed by atoms with van der Waals surface area (Å²) < 4.78 is 12.0. The summed E-state index contributed by atoms with van der Waals surface area (Å²) in [6.45, 7) is 18.2. The minimum atomic E-state index is 0.139. The maximum absolute atomic E-state index is 6.28. The Balaban J connectivity index is 1.15. The maximum atomic E-state index is 6.28. The van der Waals surface area contributed by atoms with Gasteiger partial charge in [0.05, 0.1) is 12.7 Å². The molecule has 0 atom stereocenters. The van der Waals surface area contributed by atoms with Crippen molar-refractivity contribution >= 4 is 0 Å². The SMILES string of the molecule is CCO[C@H]1C[C@H](CN2CCOC3(CN(CC4CCN(C(C)C)CC4)C3)C2)C1. The Hall–Kier alpha value is -0.200. The predicted molar refractivity (Wildman–Crippen MR) is 109 cm³/mol. The molecule has 0 aromatic carbocycles. The fourth-order valence-electron chi connectivity index (χ4n) is 5.75. The number of nitrogens with zero attached hydrogens (tertiary/aromatic N) is 3. The first-order valence-electron chi connectivity index (χ1n) is 11.5. The normalized spacial score (nSPS) is 33.3. The van der Waals surface area contributed by atoms with Crippen LogP contribution in [0.15, 0.2) is 0 Å². The van der Waals surface area contributed by atoms with Crippen molar-refractivity contribution in [2.45, 2.75) is 64.2 Å². The van der Waals surface area contributed by atoms with Gasteiger partial charge >= 0.3 is 0 Å². The first-order valence-corrected chi connectivity index (χ1v) is 11.5. The Bertz CT molecular complexity index is 466. The molecule has 5 heteroatoms. The minimum Gasteiger partial charge on any atom is -0.378 e. The summed E-state index contributed by atoms with van der Waals surface area (Å²) in [5, 5.41) is 0. The molecule has 3 saturated heterocycles. The smallest absolute Gasteiger partial charge is 0.106 e. The Morgan fingerprint density at radius 1 is 0.963 bits per heavy atom. The highest BCUT2D eigenvalue weighted by atomic mass is 16.5. The van der Waals surface area contributed by atoms with Crippen molar-refractivity contribution in [3.8, 4) is 0 Å². The highest BCUT2D eigenvalue weighted by Gasteiger charge is 2.48. The van der Waals surface area contributed by atoms with Crippen LogP contribution in [0.25, 0.3) is 0 Å². The standard InChI is InChI=1S/C22H41N3O2/c1-4-26-21-11-20(12-21)14-23-9-10-27-22(15-23)16-24(17-22)13-19-5-7-25(8-6-19)18(2)3/h18-21H,4-17H2,1-3H3/t20-,21-. The van der Waals surface area contributed by atoms with E-state index in [0.29, 0.717) is 12.1 Å². The zero-order valence-electron chi connectivity index (χ0n) is 17.9. The molecule has 0 aromatic rings. The van der Waals surface area contributed by atoms with Crippen LogP contribution in [0.5, 0.6) is 0 Å². The van der Waals surface area contributed by atoms with Crippen LogP contribution in [0, 0.1) is 11.8 Å². The first kappa shape index (κ1) is 20.1. The first-order chi connectivity index (χ1) is 13.0. The molecule has 1 aliphatic carbocycles. The maximum Gasteiger partial charge on any atom is 0.106 e. The molecule has 0 bridgehead atoms. The summed E-state index contributed by atoms with van der Waals surface area (Å²) in [5.41, 5.74) is 0.139. The van der Waals surface area contributed by atoms with Gasteiger partial charge in [-0.2, -0.15) is 0 Å². The van der Waals surface area contributed by atoms with Crippen molar-refractivity contribution in [1.82, 2.24) is 14.7 Å². The van der Waals surface area contributed by atoms with Crippen molar-refractivity contribution in [1.29, 1.82) is 0 Å². The van der Waals surface area contributed by atoms with E-state index in [2.05, 4.69) is 35.5 Å². The Labute approximate surface area is 166 Å². The third-order valence-electron chi connectivity index (χ3n) is 7.36. The molecular weight excluding hydrogens is 338 g/mol. The van der Waals surface area contributed by atoms with E-state index in [1.165, 1.54) is 51.9 Å². The van der Waals surface area contributed by atoms with Crippen molar-refractivity contribution in [2.75, 3.05) is 65.6 Å². The van der Waals surface area contributed by atoms with Gasteiger partial charge in [-0.25, -0.2) is 0 Å². The lowest BCUT2D eigenvalue weighted by atomic mass is 9.81. The van der Waals surface area contributed by atoms with Crippen LogP contribution in [0.4, 0.5) is 0 Å². The van der Waals surface area contributed by atoms with Gasteiger partial charge < -0.3 is 14.4 Å². The van der Waals surface area contributed by atoms with Crippen molar-refractivity contribution in [3.63, 3.8) is 0 Å². The molecule has 0 aromatic heterocycles. The fraction of sp³-hybridized carbons (Fsp3) is 1.00. The van der Waals surface area contributed by atoms with Crippen molar-refractivity contribution < 1.29 is 9.47 Å². The van der Waals surface area contributed by atoms with E-state index in [-0.39, 0.29) is 5.60 Å². The Kier molecular flexibility index (Phi) is 6.44. The third kappa shape index (κ3) is 4.87. The molecule has 156 valence electrons. The largest absolute Gasteiger partial charge is 0.378 e.